The van der Waals surface area contributed by atoms with Gasteiger partial charge in [0.25, 0.3) is 5.89 Å². The maximum atomic E-state index is 13.0. The zero-order valence-corrected chi connectivity index (χ0v) is 17.9. The van der Waals surface area contributed by atoms with Crippen molar-refractivity contribution in [2.75, 3.05) is 13.1 Å². The van der Waals surface area contributed by atoms with E-state index in [1.807, 2.05) is 6.92 Å². The van der Waals surface area contributed by atoms with E-state index in [-0.39, 0.29) is 23.1 Å². The molecule has 1 saturated heterocycles. The van der Waals surface area contributed by atoms with Gasteiger partial charge in [-0.25, -0.2) is 8.42 Å². The van der Waals surface area contributed by atoms with E-state index in [0.29, 0.717) is 37.3 Å². The van der Waals surface area contributed by atoms with Gasteiger partial charge in [-0.3, -0.25) is 4.79 Å². The summed E-state index contributed by atoms with van der Waals surface area (Å²) < 4.78 is 42.9. The molecule has 3 heterocycles. The Kier molecular flexibility index (Phi) is 6.37. The summed E-state index contributed by atoms with van der Waals surface area (Å²) >= 11 is 0. The molecule has 0 radical (unpaired) electrons. The molecule has 0 saturated carbocycles. The number of nitrogens with zero attached hydrogens (tertiary/aromatic N) is 4. The maximum Gasteiger partial charge on any atom is 0.311 e. The van der Waals surface area contributed by atoms with Gasteiger partial charge in [0.2, 0.25) is 10.0 Å². The Morgan fingerprint density at radius 1 is 1.31 bits per heavy atom. The molecule has 29 heavy (non-hydrogen) atoms. The molecule has 0 spiro atoms. The number of ether oxygens (including phenoxy) is 1. The first-order valence-electron chi connectivity index (χ1n) is 9.70. The third-order valence-corrected chi connectivity index (χ3v) is 6.99. The van der Waals surface area contributed by atoms with Crippen molar-refractivity contribution in [3.05, 3.63) is 23.2 Å². The molecule has 10 nitrogen and oxygen atoms in total. The van der Waals surface area contributed by atoms with E-state index in [0.717, 1.165) is 6.42 Å². The minimum Gasteiger partial charge on any atom is -0.452 e. The second-order valence-electron chi connectivity index (χ2n) is 7.23. The lowest BCUT2D eigenvalue weighted by Crippen LogP contribution is -2.43. The van der Waals surface area contributed by atoms with Gasteiger partial charge in [-0.15, -0.1) is 0 Å². The predicted octanol–water partition coefficient (Wildman–Crippen LogP) is 2.33. The SMILES string of the molecule is CCCc1noc(C(C)OC(=O)C2CCCN(S(=O)(=O)c3c(C)noc3C)C2)n1. The zero-order valence-electron chi connectivity index (χ0n) is 17.0. The van der Waals surface area contributed by atoms with E-state index in [4.69, 9.17) is 13.8 Å². The first kappa shape index (κ1) is 21.4. The first-order chi connectivity index (χ1) is 13.7. The van der Waals surface area contributed by atoms with E-state index in [9.17, 15) is 13.2 Å². The van der Waals surface area contributed by atoms with Crippen LogP contribution in [0.1, 0.15) is 62.4 Å². The minimum absolute atomic E-state index is 0.0445. The fraction of sp³-hybridized carbons (Fsp3) is 0.667. The molecule has 160 valence electrons. The average molecular weight is 426 g/mol. The van der Waals surface area contributed by atoms with Gasteiger partial charge in [-0.2, -0.15) is 9.29 Å². The van der Waals surface area contributed by atoms with Gasteiger partial charge >= 0.3 is 5.97 Å². The summed E-state index contributed by atoms with van der Waals surface area (Å²) in [5.74, 6) is -0.0106. The lowest BCUT2D eigenvalue weighted by Gasteiger charge is -2.30. The standard InChI is InChI=1S/C18H26N4O6S/c1-5-7-15-19-17(28-21-15)13(4)26-18(23)14-8-6-9-22(10-14)29(24,25)16-11(2)20-27-12(16)3/h13-14H,5-10H2,1-4H3. The Labute approximate surface area is 169 Å². The van der Waals surface area contributed by atoms with Crippen molar-refractivity contribution in [3.8, 4) is 0 Å². The number of piperidine rings is 1. The van der Waals surface area contributed by atoms with E-state index < -0.39 is 28.0 Å². The van der Waals surface area contributed by atoms with E-state index in [1.54, 1.807) is 20.8 Å². The third kappa shape index (κ3) is 4.50. The number of hydrogen-bond donors (Lipinski definition) is 0. The quantitative estimate of drug-likeness (QED) is 0.612. The number of carbonyl (C=O) groups excluding carboxylic acids is 1. The van der Waals surface area contributed by atoms with Gasteiger partial charge in [0.15, 0.2) is 17.7 Å². The zero-order chi connectivity index (χ0) is 21.2. The fourth-order valence-electron chi connectivity index (χ4n) is 3.40. The van der Waals surface area contributed by atoms with Gasteiger partial charge in [-0.1, -0.05) is 17.2 Å². The van der Waals surface area contributed by atoms with E-state index >= 15 is 0 Å². The number of rotatable bonds is 7. The van der Waals surface area contributed by atoms with Gasteiger partial charge in [0, 0.05) is 19.5 Å². The Morgan fingerprint density at radius 3 is 2.72 bits per heavy atom. The molecule has 1 aliphatic heterocycles. The van der Waals surface area contributed by atoms with Crippen molar-refractivity contribution in [2.24, 2.45) is 5.92 Å². The smallest absolute Gasteiger partial charge is 0.311 e. The second-order valence-corrected chi connectivity index (χ2v) is 9.11. The molecule has 1 aliphatic rings. The molecule has 11 heteroatoms. The highest BCUT2D eigenvalue weighted by Crippen LogP contribution is 2.29. The molecule has 1 fully saturated rings. The van der Waals surface area contributed by atoms with Gasteiger partial charge < -0.3 is 13.8 Å². The molecule has 2 aromatic rings. The molecular formula is C18H26N4O6S. The van der Waals surface area contributed by atoms with Crippen LogP contribution in [0.25, 0.3) is 0 Å². The van der Waals surface area contributed by atoms with Crippen LogP contribution in [0.15, 0.2) is 13.9 Å². The third-order valence-electron chi connectivity index (χ3n) is 4.88. The number of sulfonamides is 1. The van der Waals surface area contributed by atoms with Crippen LogP contribution in [-0.4, -0.2) is 47.1 Å². The number of aryl methyl sites for hydroxylation is 3. The summed E-state index contributed by atoms with van der Waals surface area (Å²) in [6, 6.07) is 0. The molecule has 3 rings (SSSR count). The first-order valence-corrected chi connectivity index (χ1v) is 11.1. The number of carbonyl (C=O) groups is 1. The summed E-state index contributed by atoms with van der Waals surface area (Å²) in [4.78, 5) is 16.9. The normalized spacial score (nSPS) is 19.2. The molecule has 2 aromatic heterocycles. The van der Waals surface area contributed by atoms with Crippen molar-refractivity contribution in [1.29, 1.82) is 0 Å². The van der Waals surface area contributed by atoms with Crippen molar-refractivity contribution in [1.82, 2.24) is 19.6 Å². The number of aromatic nitrogens is 3. The largest absolute Gasteiger partial charge is 0.452 e. The molecule has 0 amide bonds. The highest BCUT2D eigenvalue weighted by molar-refractivity contribution is 7.89. The van der Waals surface area contributed by atoms with Crippen LogP contribution < -0.4 is 0 Å². The average Bonchev–Trinajstić information content (AvgIpc) is 3.28. The Bertz CT molecular complexity index is 947. The van der Waals surface area contributed by atoms with Crippen LogP contribution in [0.4, 0.5) is 0 Å². The monoisotopic (exact) mass is 426 g/mol. The van der Waals surface area contributed by atoms with Gasteiger partial charge in [-0.05, 0) is 40.0 Å². The molecule has 2 unspecified atom stereocenters. The van der Waals surface area contributed by atoms with E-state index in [2.05, 4.69) is 15.3 Å². The van der Waals surface area contributed by atoms with Crippen molar-refractivity contribution >= 4 is 16.0 Å². The van der Waals surface area contributed by atoms with Crippen LogP contribution in [0.5, 0.6) is 0 Å². The van der Waals surface area contributed by atoms with Gasteiger partial charge in [0.05, 0.1) is 5.92 Å². The lowest BCUT2D eigenvalue weighted by atomic mass is 10.00. The summed E-state index contributed by atoms with van der Waals surface area (Å²) in [5, 5.41) is 7.58. The van der Waals surface area contributed by atoms with Crippen molar-refractivity contribution < 1.29 is 27.0 Å². The Morgan fingerprint density at radius 2 is 2.07 bits per heavy atom. The molecule has 2 atom stereocenters. The predicted molar refractivity (Wildman–Crippen MR) is 100 cm³/mol. The maximum absolute atomic E-state index is 13.0. The summed E-state index contributed by atoms with van der Waals surface area (Å²) in [6.07, 6.45) is 1.96. The summed E-state index contributed by atoms with van der Waals surface area (Å²) in [7, 11) is -3.80. The molecule has 0 aliphatic carbocycles. The molecule has 0 aromatic carbocycles. The fourth-order valence-corrected chi connectivity index (χ4v) is 5.22. The second kappa shape index (κ2) is 8.62. The Balaban J connectivity index is 1.67. The van der Waals surface area contributed by atoms with Crippen LogP contribution in [-0.2, 0) is 26.0 Å². The van der Waals surface area contributed by atoms with Crippen LogP contribution in [0.2, 0.25) is 0 Å². The van der Waals surface area contributed by atoms with Crippen molar-refractivity contribution in [2.45, 2.75) is 64.4 Å². The molecule has 0 N–H and O–H groups in total. The highest BCUT2D eigenvalue weighted by atomic mass is 32.2. The summed E-state index contributed by atoms with van der Waals surface area (Å²) in [6.45, 7) is 7.17. The number of hydrogen-bond acceptors (Lipinski definition) is 9. The van der Waals surface area contributed by atoms with Crippen LogP contribution in [0, 0.1) is 19.8 Å². The molecule has 0 bridgehead atoms. The Hall–Kier alpha value is -2.27. The number of esters is 1. The van der Waals surface area contributed by atoms with Gasteiger partial charge in [0.1, 0.15) is 10.6 Å². The van der Waals surface area contributed by atoms with Crippen molar-refractivity contribution in [3.63, 3.8) is 0 Å². The lowest BCUT2D eigenvalue weighted by molar-refractivity contribution is -0.156. The van der Waals surface area contributed by atoms with Crippen LogP contribution >= 0.6 is 0 Å². The minimum atomic E-state index is -3.80. The van der Waals surface area contributed by atoms with Crippen LogP contribution in [0.3, 0.4) is 0 Å². The van der Waals surface area contributed by atoms with E-state index in [1.165, 1.54) is 4.31 Å². The summed E-state index contributed by atoms with van der Waals surface area (Å²) in [5.41, 5.74) is 0.306. The topological polar surface area (TPSA) is 129 Å². The highest BCUT2D eigenvalue weighted by Gasteiger charge is 2.37. The molecular weight excluding hydrogens is 400 g/mol.